The Hall–Kier alpha value is -2.49. The van der Waals surface area contributed by atoms with Crippen LogP contribution >= 0.6 is 11.6 Å². The maximum Gasteiger partial charge on any atom is 0.413 e. The standard InChI is InChI=1S/C24H30ClF3N2O5/c1-5-9-14-19-15(16(24(26,27)28)13-18(31)35-19)12-17(25)20(14)34-11-8-6-7-10-30-21(32)23(2,3)29(4)22(30)33/h12-13,15,19H,5-11H2,1-4H3. The predicted octanol–water partition coefficient (Wildman–Crippen LogP) is 5.07. The lowest BCUT2D eigenvalue weighted by molar-refractivity contribution is -0.150. The van der Waals surface area contributed by atoms with Crippen molar-refractivity contribution >= 4 is 29.5 Å². The summed E-state index contributed by atoms with van der Waals surface area (Å²) in [4.78, 5) is 39.3. The van der Waals surface area contributed by atoms with Crippen LogP contribution in [0.5, 0.6) is 0 Å². The zero-order valence-corrected chi connectivity index (χ0v) is 21.0. The third-order valence-corrected chi connectivity index (χ3v) is 6.92. The molecule has 1 saturated heterocycles. The van der Waals surface area contributed by atoms with E-state index in [9.17, 15) is 27.6 Å². The van der Waals surface area contributed by atoms with Crippen molar-refractivity contribution < 1.29 is 37.0 Å². The summed E-state index contributed by atoms with van der Waals surface area (Å²) >= 11 is 6.34. The number of hydrogen-bond acceptors (Lipinski definition) is 5. The topological polar surface area (TPSA) is 76.2 Å². The van der Waals surface area contributed by atoms with Gasteiger partial charge in [0.05, 0.1) is 23.1 Å². The maximum atomic E-state index is 13.5. The van der Waals surface area contributed by atoms with Gasteiger partial charge in [-0.2, -0.15) is 13.2 Å². The van der Waals surface area contributed by atoms with E-state index in [2.05, 4.69) is 0 Å². The van der Waals surface area contributed by atoms with Gasteiger partial charge in [0, 0.05) is 25.2 Å². The van der Waals surface area contributed by atoms with Gasteiger partial charge in [-0.3, -0.25) is 9.69 Å². The van der Waals surface area contributed by atoms with Crippen molar-refractivity contribution in [3.8, 4) is 0 Å². The fourth-order valence-electron chi connectivity index (χ4n) is 4.46. The predicted molar refractivity (Wildman–Crippen MR) is 122 cm³/mol. The largest absolute Gasteiger partial charge is 0.492 e. The summed E-state index contributed by atoms with van der Waals surface area (Å²) in [5, 5.41) is 0.0568. The second-order valence-corrected chi connectivity index (χ2v) is 9.77. The second-order valence-electron chi connectivity index (χ2n) is 9.37. The van der Waals surface area contributed by atoms with E-state index < -0.39 is 35.3 Å². The van der Waals surface area contributed by atoms with Gasteiger partial charge in [0.25, 0.3) is 5.91 Å². The van der Waals surface area contributed by atoms with E-state index in [4.69, 9.17) is 21.1 Å². The average molecular weight is 519 g/mol. The molecule has 0 bridgehead atoms. The molecule has 0 radical (unpaired) electrons. The highest BCUT2D eigenvalue weighted by Crippen LogP contribution is 2.45. The number of imide groups is 1. The third kappa shape index (κ3) is 5.37. The van der Waals surface area contributed by atoms with Crippen LogP contribution in [0.2, 0.25) is 0 Å². The first kappa shape index (κ1) is 27.1. The molecule has 3 aliphatic rings. The molecule has 7 nitrogen and oxygen atoms in total. The van der Waals surface area contributed by atoms with Gasteiger partial charge in [-0.1, -0.05) is 31.0 Å². The molecule has 0 saturated carbocycles. The molecule has 0 aromatic rings. The Balaban J connectivity index is 1.61. The minimum atomic E-state index is -4.69. The number of carbonyl (C=O) groups excluding carboxylic acids is 3. The smallest absolute Gasteiger partial charge is 0.413 e. The molecule has 0 N–H and O–H groups in total. The highest BCUT2D eigenvalue weighted by atomic mass is 35.5. The number of urea groups is 1. The molecule has 3 amide bonds. The van der Waals surface area contributed by atoms with Gasteiger partial charge in [0.1, 0.15) is 17.4 Å². The summed E-state index contributed by atoms with van der Waals surface area (Å²) < 4.78 is 51.7. The van der Waals surface area contributed by atoms with Crippen molar-refractivity contribution in [2.45, 2.75) is 70.7 Å². The number of alkyl halides is 3. The minimum Gasteiger partial charge on any atom is -0.492 e. The number of fused-ring (bicyclic) bond motifs is 1. The van der Waals surface area contributed by atoms with E-state index in [1.165, 1.54) is 15.9 Å². The number of likely N-dealkylation sites (N-methyl/N-ethyl adjacent to an activating group) is 1. The van der Waals surface area contributed by atoms with Crippen LogP contribution in [0.25, 0.3) is 0 Å². The molecular formula is C24H30ClF3N2O5. The number of rotatable bonds is 9. The Labute approximate surface area is 207 Å². The fourth-order valence-corrected chi connectivity index (χ4v) is 4.77. The highest BCUT2D eigenvalue weighted by Gasteiger charge is 2.49. The molecule has 1 fully saturated rings. The summed E-state index contributed by atoms with van der Waals surface area (Å²) in [5.74, 6) is -2.25. The number of carbonyl (C=O) groups is 3. The first-order valence-electron chi connectivity index (χ1n) is 11.6. The van der Waals surface area contributed by atoms with E-state index in [1.54, 1.807) is 20.9 Å². The van der Waals surface area contributed by atoms with Crippen LogP contribution in [-0.4, -0.2) is 65.7 Å². The van der Waals surface area contributed by atoms with Crippen molar-refractivity contribution in [2.24, 2.45) is 5.92 Å². The highest BCUT2D eigenvalue weighted by molar-refractivity contribution is 6.32. The number of unbranched alkanes of at least 4 members (excludes halogenated alkanes) is 2. The van der Waals surface area contributed by atoms with Gasteiger partial charge in [0.2, 0.25) is 0 Å². The summed E-state index contributed by atoms with van der Waals surface area (Å²) in [7, 11) is 1.60. The zero-order chi connectivity index (χ0) is 26.1. The summed E-state index contributed by atoms with van der Waals surface area (Å²) in [6, 6.07) is -0.325. The lowest BCUT2D eigenvalue weighted by Crippen LogP contribution is -2.41. The summed E-state index contributed by atoms with van der Waals surface area (Å²) in [5.41, 5.74) is -1.41. The Morgan fingerprint density at radius 3 is 2.43 bits per heavy atom. The zero-order valence-electron chi connectivity index (χ0n) is 20.2. The van der Waals surface area contributed by atoms with Gasteiger partial charge in [-0.15, -0.1) is 0 Å². The van der Waals surface area contributed by atoms with E-state index in [0.29, 0.717) is 50.3 Å². The Kier molecular flexibility index (Phi) is 7.93. The molecule has 35 heavy (non-hydrogen) atoms. The van der Waals surface area contributed by atoms with E-state index in [0.717, 1.165) is 0 Å². The van der Waals surface area contributed by atoms with Gasteiger partial charge in [0.15, 0.2) is 0 Å². The van der Waals surface area contributed by atoms with Gasteiger partial charge < -0.3 is 14.4 Å². The number of esters is 1. The van der Waals surface area contributed by atoms with Gasteiger partial charge in [-0.25, -0.2) is 9.59 Å². The lowest BCUT2D eigenvalue weighted by Gasteiger charge is -2.36. The molecule has 3 rings (SSSR count). The molecule has 1 aliphatic carbocycles. The number of amides is 3. The van der Waals surface area contributed by atoms with Crippen LogP contribution in [-0.2, 0) is 19.1 Å². The second kappa shape index (κ2) is 10.2. The Morgan fingerprint density at radius 2 is 1.86 bits per heavy atom. The van der Waals surface area contributed by atoms with Crippen molar-refractivity contribution in [1.82, 2.24) is 9.80 Å². The van der Waals surface area contributed by atoms with E-state index in [-0.39, 0.29) is 29.3 Å². The first-order valence-corrected chi connectivity index (χ1v) is 12.0. The van der Waals surface area contributed by atoms with Crippen molar-refractivity contribution in [1.29, 1.82) is 0 Å². The first-order chi connectivity index (χ1) is 16.3. The SMILES string of the molecule is CCCC1=C(OCCCCCN2C(=O)N(C)C(C)(C)C2=O)C(Cl)=CC2C(C(F)(F)F)=CC(=O)OC12. The van der Waals surface area contributed by atoms with E-state index >= 15 is 0 Å². The van der Waals surface area contributed by atoms with Crippen molar-refractivity contribution in [3.05, 3.63) is 34.1 Å². The van der Waals surface area contributed by atoms with Crippen LogP contribution in [0.4, 0.5) is 18.0 Å². The molecule has 194 valence electrons. The van der Waals surface area contributed by atoms with Crippen LogP contribution < -0.4 is 0 Å². The monoisotopic (exact) mass is 518 g/mol. The number of hydrogen-bond donors (Lipinski definition) is 0. The van der Waals surface area contributed by atoms with Crippen LogP contribution in [0.3, 0.4) is 0 Å². The molecule has 0 spiro atoms. The summed E-state index contributed by atoms with van der Waals surface area (Å²) in [6.07, 6.45) is -1.33. The van der Waals surface area contributed by atoms with Crippen molar-refractivity contribution in [2.75, 3.05) is 20.2 Å². The maximum absolute atomic E-state index is 13.5. The Bertz CT molecular complexity index is 986. The number of nitrogens with zero attached hydrogens (tertiary/aromatic N) is 2. The average Bonchev–Trinajstić information content (AvgIpc) is 2.91. The minimum absolute atomic E-state index is 0.0568. The molecular weight excluding hydrogens is 489 g/mol. The summed E-state index contributed by atoms with van der Waals surface area (Å²) in [6.45, 7) is 5.78. The molecule has 0 aromatic carbocycles. The van der Waals surface area contributed by atoms with Crippen LogP contribution in [0.1, 0.15) is 52.9 Å². The van der Waals surface area contributed by atoms with Crippen LogP contribution in [0, 0.1) is 5.92 Å². The number of allylic oxidation sites excluding steroid dienone is 1. The Morgan fingerprint density at radius 1 is 1.17 bits per heavy atom. The molecule has 2 atom stereocenters. The third-order valence-electron chi connectivity index (χ3n) is 6.62. The molecule has 0 aromatic heterocycles. The van der Waals surface area contributed by atoms with Crippen LogP contribution in [0.15, 0.2) is 34.1 Å². The molecule has 2 heterocycles. The van der Waals surface area contributed by atoms with Gasteiger partial charge >= 0.3 is 18.2 Å². The molecule has 2 aliphatic heterocycles. The number of halogens is 4. The lowest BCUT2D eigenvalue weighted by atomic mass is 9.81. The van der Waals surface area contributed by atoms with Gasteiger partial charge in [-0.05, 0) is 39.5 Å². The number of ether oxygens (including phenoxy) is 2. The normalized spacial score (nSPS) is 24.4. The molecule has 2 unspecified atom stereocenters. The van der Waals surface area contributed by atoms with Crippen molar-refractivity contribution in [3.63, 3.8) is 0 Å². The molecule has 11 heteroatoms. The quantitative estimate of drug-likeness (QED) is 0.242. The fraction of sp³-hybridized carbons (Fsp3) is 0.625. The van der Waals surface area contributed by atoms with E-state index in [1.807, 2.05) is 6.92 Å².